The topological polar surface area (TPSA) is 61.3 Å². The molecule has 1 saturated heterocycles. The van der Waals surface area contributed by atoms with Crippen molar-refractivity contribution in [3.05, 3.63) is 30.4 Å². The highest BCUT2D eigenvalue weighted by Gasteiger charge is 2.25. The molecule has 1 fully saturated rings. The van der Waals surface area contributed by atoms with E-state index in [1.54, 1.807) is 6.33 Å². The molecule has 0 N–H and O–H groups in total. The standard InChI is InChI=1S/C17H25N7/c1-13-10-16(20-12-19-13)24-9-5-6-14(11-24)23(4)15-7-8-18-17(21-15)22(2)3/h7-8,10,12,14H,5-6,9,11H2,1-4H3. The first kappa shape index (κ1) is 16.4. The van der Waals surface area contributed by atoms with Gasteiger partial charge < -0.3 is 14.7 Å². The summed E-state index contributed by atoms with van der Waals surface area (Å²) in [7, 11) is 6.03. The molecule has 2 aromatic rings. The molecule has 0 bridgehead atoms. The van der Waals surface area contributed by atoms with Crippen molar-refractivity contribution < 1.29 is 0 Å². The number of piperidine rings is 1. The van der Waals surface area contributed by atoms with Crippen molar-refractivity contribution in [3.8, 4) is 0 Å². The first-order valence-electron chi connectivity index (χ1n) is 8.31. The zero-order chi connectivity index (χ0) is 17.1. The third-order valence-corrected chi connectivity index (χ3v) is 4.45. The summed E-state index contributed by atoms with van der Waals surface area (Å²) >= 11 is 0. The predicted molar refractivity (Wildman–Crippen MR) is 96.8 cm³/mol. The lowest BCUT2D eigenvalue weighted by Gasteiger charge is -2.38. The minimum Gasteiger partial charge on any atom is -0.355 e. The van der Waals surface area contributed by atoms with Crippen LogP contribution in [0.2, 0.25) is 0 Å². The molecule has 0 radical (unpaired) electrons. The van der Waals surface area contributed by atoms with Gasteiger partial charge in [-0.25, -0.2) is 15.0 Å². The van der Waals surface area contributed by atoms with E-state index in [0.29, 0.717) is 6.04 Å². The molecule has 0 amide bonds. The second-order valence-electron chi connectivity index (χ2n) is 6.48. The van der Waals surface area contributed by atoms with Gasteiger partial charge in [0.25, 0.3) is 0 Å². The fourth-order valence-electron chi connectivity index (χ4n) is 3.03. The Morgan fingerprint density at radius 3 is 2.75 bits per heavy atom. The Balaban J connectivity index is 1.75. The number of anilines is 3. The Morgan fingerprint density at radius 1 is 1.17 bits per heavy atom. The number of hydrogen-bond donors (Lipinski definition) is 0. The van der Waals surface area contributed by atoms with Gasteiger partial charge in [-0.3, -0.25) is 0 Å². The van der Waals surface area contributed by atoms with Gasteiger partial charge in [-0.1, -0.05) is 0 Å². The number of rotatable bonds is 4. The average molecular weight is 327 g/mol. The summed E-state index contributed by atoms with van der Waals surface area (Å²) in [5.41, 5.74) is 1.00. The minimum atomic E-state index is 0.402. The Morgan fingerprint density at radius 2 is 2.00 bits per heavy atom. The van der Waals surface area contributed by atoms with Gasteiger partial charge in [-0.15, -0.1) is 0 Å². The van der Waals surface area contributed by atoms with Gasteiger partial charge in [0.15, 0.2) is 0 Å². The van der Waals surface area contributed by atoms with E-state index in [2.05, 4.69) is 42.8 Å². The van der Waals surface area contributed by atoms with Gasteiger partial charge in [-0.05, 0) is 25.8 Å². The molecule has 0 spiro atoms. The minimum absolute atomic E-state index is 0.402. The summed E-state index contributed by atoms with van der Waals surface area (Å²) in [6.07, 6.45) is 5.76. The van der Waals surface area contributed by atoms with Gasteiger partial charge in [0.1, 0.15) is 18.0 Å². The SMILES string of the molecule is Cc1cc(N2CCCC(N(C)c3ccnc(N(C)C)n3)C2)ncn1. The average Bonchev–Trinajstić information content (AvgIpc) is 2.61. The molecular weight excluding hydrogens is 302 g/mol. The van der Waals surface area contributed by atoms with Crippen molar-refractivity contribution in [2.24, 2.45) is 0 Å². The monoisotopic (exact) mass is 327 g/mol. The van der Waals surface area contributed by atoms with Gasteiger partial charge in [-0.2, -0.15) is 4.98 Å². The van der Waals surface area contributed by atoms with Crippen molar-refractivity contribution in [1.82, 2.24) is 19.9 Å². The van der Waals surface area contributed by atoms with Gasteiger partial charge in [0.2, 0.25) is 5.95 Å². The molecule has 24 heavy (non-hydrogen) atoms. The highest BCUT2D eigenvalue weighted by atomic mass is 15.3. The Hall–Kier alpha value is -2.44. The van der Waals surface area contributed by atoms with E-state index < -0.39 is 0 Å². The van der Waals surface area contributed by atoms with E-state index in [4.69, 9.17) is 0 Å². The van der Waals surface area contributed by atoms with Crippen LogP contribution in [0, 0.1) is 6.92 Å². The molecule has 0 aromatic carbocycles. The largest absolute Gasteiger partial charge is 0.355 e. The molecular formula is C17H25N7. The van der Waals surface area contributed by atoms with Gasteiger partial charge >= 0.3 is 0 Å². The molecule has 1 aliphatic rings. The molecule has 1 atom stereocenters. The van der Waals surface area contributed by atoms with Crippen LogP contribution in [0.1, 0.15) is 18.5 Å². The molecule has 0 aliphatic carbocycles. The van der Waals surface area contributed by atoms with Crippen LogP contribution in [0.15, 0.2) is 24.7 Å². The fraction of sp³-hybridized carbons (Fsp3) is 0.529. The molecule has 7 nitrogen and oxygen atoms in total. The summed E-state index contributed by atoms with van der Waals surface area (Å²) in [6.45, 7) is 3.98. The third-order valence-electron chi connectivity index (χ3n) is 4.45. The van der Waals surface area contributed by atoms with Crippen LogP contribution in [-0.2, 0) is 0 Å². The summed E-state index contributed by atoms with van der Waals surface area (Å²) < 4.78 is 0. The lowest BCUT2D eigenvalue weighted by Crippen LogP contribution is -2.47. The van der Waals surface area contributed by atoms with Crippen LogP contribution in [0.3, 0.4) is 0 Å². The zero-order valence-electron chi connectivity index (χ0n) is 14.8. The van der Waals surface area contributed by atoms with E-state index in [1.807, 2.05) is 38.2 Å². The lowest BCUT2D eigenvalue weighted by atomic mass is 10.0. The van der Waals surface area contributed by atoms with Crippen molar-refractivity contribution in [1.29, 1.82) is 0 Å². The second-order valence-corrected chi connectivity index (χ2v) is 6.48. The van der Waals surface area contributed by atoms with E-state index in [9.17, 15) is 0 Å². The molecule has 7 heteroatoms. The number of aryl methyl sites for hydroxylation is 1. The van der Waals surface area contributed by atoms with Crippen molar-refractivity contribution in [2.75, 3.05) is 48.9 Å². The van der Waals surface area contributed by atoms with Crippen molar-refractivity contribution in [3.63, 3.8) is 0 Å². The van der Waals surface area contributed by atoms with Gasteiger partial charge in [0, 0.05) is 58.2 Å². The summed E-state index contributed by atoms with van der Waals surface area (Å²) in [5.74, 6) is 2.70. The van der Waals surface area contributed by atoms with Crippen molar-refractivity contribution >= 4 is 17.6 Å². The van der Waals surface area contributed by atoms with Crippen LogP contribution < -0.4 is 14.7 Å². The normalized spacial score (nSPS) is 17.7. The van der Waals surface area contributed by atoms with Crippen LogP contribution in [0.5, 0.6) is 0 Å². The maximum atomic E-state index is 4.66. The first-order valence-corrected chi connectivity index (χ1v) is 8.31. The summed E-state index contributed by atoms with van der Waals surface area (Å²) in [5, 5.41) is 0. The number of likely N-dealkylation sites (N-methyl/N-ethyl adjacent to an activating group) is 1. The summed E-state index contributed by atoms with van der Waals surface area (Å²) in [4.78, 5) is 24.1. The van der Waals surface area contributed by atoms with E-state index in [0.717, 1.165) is 49.2 Å². The molecule has 1 aliphatic heterocycles. The summed E-state index contributed by atoms with van der Waals surface area (Å²) in [6, 6.07) is 4.43. The van der Waals surface area contributed by atoms with Crippen LogP contribution in [-0.4, -0.2) is 60.2 Å². The number of nitrogens with zero attached hydrogens (tertiary/aromatic N) is 7. The Labute approximate surface area is 143 Å². The molecule has 3 rings (SSSR count). The molecule has 128 valence electrons. The maximum absolute atomic E-state index is 4.66. The van der Waals surface area contributed by atoms with E-state index in [-0.39, 0.29) is 0 Å². The molecule has 1 unspecified atom stereocenters. The smallest absolute Gasteiger partial charge is 0.226 e. The lowest BCUT2D eigenvalue weighted by molar-refractivity contribution is 0.483. The Kier molecular flexibility index (Phi) is 4.78. The van der Waals surface area contributed by atoms with E-state index in [1.165, 1.54) is 0 Å². The zero-order valence-corrected chi connectivity index (χ0v) is 14.8. The van der Waals surface area contributed by atoms with Crippen molar-refractivity contribution in [2.45, 2.75) is 25.8 Å². The molecule has 0 saturated carbocycles. The second kappa shape index (κ2) is 6.98. The molecule has 3 heterocycles. The molecule has 2 aromatic heterocycles. The quantitative estimate of drug-likeness (QED) is 0.847. The van der Waals surface area contributed by atoms with Gasteiger partial charge in [0.05, 0.1) is 0 Å². The van der Waals surface area contributed by atoms with Crippen LogP contribution in [0.4, 0.5) is 17.6 Å². The number of hydrogen-bond acceptors (Lipinski definition) is 7. The van der Waals surface area contributed by atoms with Crippen LogP contribution >= 0.6 is 0 Å². The number of aromatic nitrogens is 4. The fourth-order valence-corrected chi connectivity index (χ4v) is 3.03. The predicted octanol–water partition coefficient (Wildman–Crippen LogP) is 1.75. The Bertz CT molecular complexity index is 688. The van der Waals surface area contributed by atoms with E-state index >= 15 is 0 Å². The first-order chi connectivity index (χ1) is 11.5. The highest BCUT2D eigenvalue weighted by molar-refractivity contribution is 5.45. The highest BCUT2D eigenvalue weighted by Crippen LogP contribution is 2.23. The van der Waals surface area contributed by atoms with Crippen LogP contribution in [0.25, 0.3) is 0 Å². The maximum Gasteiger partial charge on any atom is 0.226 e. The third kappa shape index (κ3) is 3.55.